The summed E-state index contributed by atoms with van der Waals surface area (Å²) in [6.07, 6.45) is 0. The molecule has 0 saturated heterocycles. The minimum atomic E-state index is 0.861. The molecule has 3 rings (SSSR count). The standard InChI is InChI=1S/C19H19NO2/c1-14-4-13-19(15-5-9-17(21-2)10-6-15)20(14)16-7-11-18(22-3)12-8-16/h4-13H,1-3H3. The fourth-order valence-electron chi connectivity index (χ4n) is 2.60. The molecule has 0 saturated carbocycles. The first-order valence-corrected chi connectivity index (χ1v) is 7.20. The monoisotopic (exact) mass is 293 g/mol. The Morgan fingerprint density at radius 2 is 1.23 bits per heavy atom. The van der Waals surface area contributed by atoms with E-state index in [-0.39, 0.29) is 0 Å². The van der Waals surface area contributed by atoms with Crippen LogP contribution in [-0.2, 0) is 0 Å². The summed E-state index contributed by atoms with van der Waals surface area (Å²) in [6.45, 7) is 2.11. The lowest BCUT2D eigenvalue weighted by Gasteiger charge is -2.13. The Morgan fingerprint density at radius 1 is 0.682 bits per heavy atom. The minimum absolute atomic E-state index is 0.861. The van der Waals surface area contributed by atoms with Crippen molar-refractivity contribution in [2.24, 2.45) is 0 Å². The van der Waals surface area contributed by atoms with Crippen molar-refractivity contribution in [3.63, 3.8) is 0 Å². The van der Waals surface area contributed by atoms with Crippen molar-refractivity contribution in [2.45, 2.75) is 6.92 Å². The third-order valence-corrected chi connectivity index (χ3v) is 3.79. The molecule has 0 aliphatic heterocycles. The summed E-state index contributed by atoms with van der Waals surface area (Å²) < 4.78 is 12.7. The van der Waals surface area contributed by atoms with Crippen LogP contribution in [0.4, 0.5) is 0 Å². The number of benzene rings is 2. The predicted octanol–water partition coefficient (Wildman–Crippen LogP) is 4.47. The van der Waals surface area contributed by atoms with Gasteiger partial charge in [0.1, 0.15) is 11.5 Å². The molecular weight excluding hydrogens is 274 g/mol. The van der Waals surface area contributed by atoms with Gasteiger partial charge in [-0.05, 0) is 73.2 Å². The van der Waals surface area contributed by atoms with Gasteiger partial charge in [0.15, 0.2) is 0 Å². The van der Waals surface area contributed by atoms with Crippen molar-refractivity contribution in [1.29, 1.82) is 0 Å². The van der Waals surface area contributed by atoms with Crippen LogP contribution in [0.25, 0.3) is 16.9 Å². The van der Waals surface area contributed by atoms with Crippen LogP contribution in [0.15, 0.2) is 60.7 Å². The number of hydrogen-bond donors (Lipinski definition) is 0. The maximum atomic E-state index is 5.23. The lowest BCUT2D eigenvalue weighted by atomic mass is 10.1. The quantitative estimate of drug-likeness (QED) is 0.708. The highest BCUT2D eigenvalue weighted by Crippen LogP contribution is 2.28. The lowest BCUT2D eigenvalue weighted by molar-refractivity contribution is 0.414. The SMILES string of the molecule is COc1ccc(-c2ccc(C)n2-c2ccc(OC)cc2)cc1. The second-order valence-corrected chi connectivity index (χ2v) is 5.12. The zero-order valence-electron chi connectivity index (χ0n) is 13.0. The van der Waals surface area contributed by atoms with E-state index in [4.69, 9.17) is 9.47 Å². The topological polar surface area (TPSA) is 23.4 Å². The summed E-state index contributed by atoms with van der Waals surface area (Å²) in [6, 6.07) is 20.5. The number of ether oxygens (including phenoxy) is 2. The maximum absolute atomic E-state index is 5.23. The molecule has 1 heterocycles. The highest BCUT2D eigenvalue weighted by atomic mass is 16.5. The molecule has 0 unspecified atom stereocenters. The van der Waals surface area contributed by atoms with Crippen LogP contribution in [0.1, 0.15) is 5.69 Å². The number of rotatable bonds is 4. The molecule has 0 spiro atoms. The lowest BCUT2D eigenvalue weighted by Crippen LogP contribution is -1.99. The van der Waals surface area contributed by atoms with Gasteiger partial charge < -0.3 is 14.0 Å². The molecule has 3 nitrogen and oxygen atoms in total. The molecule has 3 heteroatoms. The van der Waals surface area contributed by atoms with E-state index in [1.807, 2.05) is 24.3 Å². The smallest absolute Gasteiger partial charge is 0.119 e. The fourth-order valence-corrected chi connectivity index (χ4v) is 2.60. The van der Waals surface area contributed by atoms with E-state index < -0.39 is 0 Å². The summed E-state index contributed by atoms with van der Waals surface area (Å²) in [5.74, 6) is 1.72. The summed E-state index contributed by atoms with van der Waals surface area (Å²) in [7, 11) is 3.36. The number of methoxy groups -OCH3 is 2. The molecule has 0 atom stereocenters. The Balaban J connectivity index is 2.05. The van der Waals surface area contributed by atoms with Gasteiger partial charge in [-0.1, -0.05) is 0 Å². The average molecular weight is 293 g/mol. The Labute approximate surface area is 130 Å². The van der Waals surface area contributed by atoms with Crippen LogP contribution < -0.4 is 9.47 Å². The van der Waals surface area contributed by atoms with Crippen LogP contribution in [0.2, 0.25) is 0 Å². The predicted molar refractivity (Wildman–Crippen MR) is 89.0 cm³/mol. The summed E-state index contributed by atoms with van der Waals surface area (Å²) in [5, 5.41) is 0. The summed E-state index contributed by atoms with van der Waals surface area (Å²) >= 11 is 0. The van der Waals surface area contributed by atoms with Crippen molar-refractivity contribution in [3.8, 4) is 28.4 Å². The van der Waals surface area contributed by atoms with E-state index in [0.29, 0.717) is 0 Å². The van der Waals surface area contributed by atoms with Gasteiger partial charge in [-0.3, -0.25) is 0 Å². The molecule has 112 valence electrons. The van der Waals surface area contributed by atoms with Crippen molar-refractivity contribution in [3.05, 3.63) is 66.4 Å². The largest absolute Gasteiger partial charge is 0.497 e. The third-order valence-electron chi connectivity index (χ3n) is 3.79. The van der Waals surface area contributed by atoms with Crippen LogP contribution in [0, 0.1) is 6.92 Å². The van der Waals surface area contributed by atoms with Gasteiger partial charge in [0.2, 0.25) is 0 Å². The highest BCUT2D eigenvalue weighted by molar-refractivity contribution is 5.65. The summed E-state index contributed by atoms with van der Waals surface area (Å²) in [4.78, 5) is 0. The van der Waals surface area contributed by atoms with Crippen molar-refractivity contribution < 1.29 is 9.47 Å². The highest BCUT2D eigenvalue weighted by Gasteiger charge is 2.09. The molecule has 0 aliphatic rings. The Kier molecular flexibility index (Phi) is 3.88. The molecule has 1 aromatic heterocycles. The number of hydrogen-bond acceptors (Lipinski definition) is 2. The Morgan fingerprint density at radius 3 is 1.77 bits per heavy atom. The molecule has 0 fully saturated rings. The first-order valence-electron chi connectivity index (χ1n) is 7.20. The van der Waals surface area contributed by atoms with E-state index in [9.17, 15) is 0 Å². The van der Waals surface area contributed by atoms with Crippen LogP contribution in [0.5, 0.6) is 11.5 Å². The third kappa shape index (κ3) is 2.58. The molecule has 22 heavy (non-hydrogen) atoms. The van der Waals surface area contributed by atoms with E-state index >= 15 is 0 Å². The fraction of sp³-hybridized carbons (Fsp3) is 0.158. The first kappa shape index (κ1) is 14.3. The van der Waals surface area contributed by atoms with Gasteiger partial charge in [-0.2, -0.15) is 0 Å². The van der Waals surface area contributed by atoms with Crippen molar-refractivity contribution in [2.75, 3.05) is 14.2 Å². The van der Waals surface area contributed by atoms with Gasteiger partial charge in [0, 0.05) is 11.4 Å². The molecular formula is C19H19NO2. The maximum Gasteiger partial charge on any atom is 0.119 e. The zero-order valence-corrected chi connectivity index (χ0v) is 13.0. The molecule has 0 amide bonds. The average Bonchev–Trinajstić information content (AvgIpc) is 2.96. The van der Waals surface area contributed by atoms with Crippen molar-refractivity contribution in [1.82, 2.24) is 4.57 Å². The van der Waals surface area contributed by atoms with E-state index in [1.54, 1.807) is 14.2 Å². The minimum Gasteiger partial charge on any atom is -0.497 e. The van der Waals surface area contributed by atoms with Gasteiger partial charge >= 0.3 is 0 Å². The Hall–Kier alpha value is -2.68. The summed E-state index contributed by atoms with van der Waals surface area (Å²) in [5.41, 5.74) is 4.63. The van der Waals surface area contributed by atoms with Crippen LogP contribution in [0.3, 0.4) is 0 Å². The van der Waals surface area contributed by atoms with E-state index in [0.717, 1.165) is 28.4 Å². The van der Waals surface area contributed by atoms with Crippen LogP contribution >= 0.6 is 0 Å². The first-order chi connectivity index (χ1) is 10.7. The number of aromatic nitrogens is 1. The number of nitrogens with zero attached hydrogens (tertiary/aromatic N) is 1. The molecule has 3 aromatic rings. The molecule has 0 N–H and O–H groups in total. The van der Waals surface area contributed by atoms with Gasteiger partial charge in [-0.15, -0.1) is 0 Å². The van der Waals surface area contributed by atoms with Crippen molar-refractivity contribution >= 4 is 0 Å². The number of aryl methyl sites for hydroxylation is 1. The van der Waals surface area contributed by atoms with E-state index in [1.165, 1.54) is 5.69 Å². The van der Waals surface area contributed by atoms with E-state index in [2.05, 4.69) is 47.9 Å². The molecule has 0 aliphatic carbocycles. The van der Waals surface area contributed by atoms with Crippen LogP contribution in [-0.4, -0.2) is 18.8 Å². The zero-order chi connectivity index (χ0) is 15.5. The normalized spacial score (nSPS) is 10.5. The Bertz CT molecular complexity index is 755. The second-order valence-electron chi connectivity index (χ2n) is 5.12. The molecule has 2 aromatic carbocycles. The van der Waals surface area contributed by atoms with Gasteiger partial charge in [0.25, 0.3) is 0 Å². The van der Waals surface area contributed by atoms with Gasteiger partial charge in [-0.25, -0.2) is 0 Å². The van der Waals surface area contributed by atoms with Gasteiger partial charge in [0.05, 0.1) is 19.9 Å². The second kappa shape index (κ2) is 5.98. The molecule has 0 radical (unpaired) electrons. The molecule has 0 bridgehead atoms.